The van der Waals surface area contributed by atoms with Crippen molar-refractivity contribution >= 4 is 23.6 Å². The number of hydrogen-bond donors (Lipinski definition) is 2. The molecule has 7 heteroatoms. The summed E-state index contributed by atoms with van der Waals surface area (Å²) in [5.74, 6) is 1.81. The smallest absolute Gasteiger partial charge is 0.248 e. The largest absolute Gasteiger partial charge is 0.375 e. The first-order valence-electron chi connectivity index (χ1n) is 6.59. The van der Waals surface area contributed by atoms with E-state index in [1.807, 2.05) is 0 Å². The van der Waals surface area contributed by atoms with E-state index in [9.17, 15) is 9.59 Å². The lowest BCUT2D eigenvalue weighted by Crippen LogP contribution is -2.51. The molecule has 1 atom stereocenters. The number of hydrogen-bond acceptors (Lipinski definition) is 5. The molecule has 0 radical (unpaired) electrons. The maximum absolute atomic E-state index is 11.9. The van der Waals surface area contributed by atoms with Crippen molar-refractivity contribution in [2.75, 3.05) is 38.4 Å². The second-order valence-corrected chi connectivity index (χ2v) is 5.90. The maximum Gasteiger partial charge on any atom is 0.248 e. The number of nitrogens with one attached hydrogen (secondary N) is 2. The molecule has 1 unspecified atom stereocenters. The Kier molecular flexibility index (Phi) is 5.47. The number of carbonyl (C=O) groups excluding carboxylic acids is 2. The number of rotatable bonds is 4. The number of ether oxygens (including phenoxy) is 1. The van der Waals surface area contributed by atoms with E-state index >= 15 is 0 Å². The molecule has 2 aliphatic heterocycles. The van der Waals surface area contributed by atoms with Crippen LogP contribution < -0.4 is 10.6 Å². The highest BCUT2D eigenvalue weighted by molar-refractivity contribution is 7.99. The van der Waals surface area contributed by atoms with Crippen LogP contribution in [0.25, 0.3) is 0 Å². The van der Waals surface area contributed by atoms with Crippen molar-refractivity contribution in [1.29, 1.82) is 0 Å². The summed E-state index contributed by atoms with van der Waals surface area (Å²) in [5, 5.41) is 6.23. The van der Waals surface area contributed by atoms with Crippen LogP contribution in [0.4, 0.5) is 0 Å². The fourth-order valence-corrected chi connectivity index (χ4v) is 3.30. The van der Waals surface area contributed by atoms with Crippen LogP contribution in [0.15, 0.2) is 0 Å². The molecule has 0 aromatic rings. The second-order valence-electron chi connectivity index (χ2n) is 4.87. The first-order chi connectivity index (χ1) is 9.20. The summed E-state index contributed by atoms with van der Waals surface area (Å²) in [6.07, 6.45) is 1.64. The molecule has 108 valence electrons. The lowest BCUT2D eigenvalue weighted by molar-refractivity contribution is -0.136. The van der Waals surface area contributed by atoms with Gasteiger partial charge in [0.1, 0.15) is 6.61 Å². The Morgan fingerprint density at radius 1 is 1.42 bits per heavy atom. The van der Waals surface area contributed by atoms with E-state index in [1.54, 1.807) is 16.7 Å². The van der Waals surface area contributed by atoms with Crippen LogP contribution in [0.2, 0.25) is 0 Å². The number of nitrogens with zero attached hydrogens (tertiary/aromatic N) is 1. The van der Waals surface area contributed by atoms with Gasteiger partial charge in [0.2, 0.25) is 11.8 Å². The van der Waals surface area contributed by atoms with Crippen molar-refractivity contribution in [2.24, 2.45) is 0 Å². The average Bonchev–Trinajstić information content (AvgIpc) is 2.94. The van der Waals surface area contributed by atoms with Gasteiger partial charge < -0.3 is 15.0 Å². The molecule has 0 aliphatic carbocycles. The summed E-state index contributed by atoms with van der Waals surface area (Å²) in [7, 11) is 1.53. The molecule has 2 amide bonds. The third kappa shape index (κ3) is 4.09. The quantitative estimate of drug-likeness (QED) is 0.723. The molecule has 2 fully saturated rings. The van der Waals surface area contributed by atoms with Crippen molar-refractivity contribution in [3.8, 4) is 0 Å². The Balaban J connectivity index is 1.71. The minimum atomic E-state index is -0.0573. The minimum absolute atomic E-state index is 0.0288. The van der Waals surface area contributed by atoms with Gasteiger partial charge >= 0.3 is 0 Å². The molecule has 2 heterocycles. The van der Waals surface area contributed by atoms with Crippen molar-refractivity contribution in [2.45, 2.75) is 24.9 Å². The molecule has 2 N–H and O–H groups in total. The van der Waals surface area contributed by atoms with Crippen LogP contribution in [0, 0.1) is 0 Å². The summed E-state index contributed by atoms with van der Waals surface area (Å²) in [6.45, 7) is 1.53. The second kappa shape index (κ2) is 7.12. The lowest BCUT2D eigenvalue weighted by Gasteiger charge is -2.32. The van der Waals surface area contributed by atoms with Gasteiger partial charge in [-0.2, -0.15) is 0 Å². The third-order valence-electron chi connectivity index (χ3n) is 3.49. The number of thioether (sulfide) groups is 1. The summed E-state index contributed by atoms with van der Waals surface area (Å²) in [4.78, 5) is 25.4. The van der Waals surface area contributed by atoms with Gasteiger partial charge in [0.05, 0.1) is 6.04 Å². The van der Waals surface area contributed by atoms with E-state index in [0.29, 0.717) is 13.1 Å². The zero-order valence-electron chi connectivity index (χ0n) is 11.2. The van der Waals surface area contributed by atoms with Crippen molar-refractivity contribution < 1.29 is 14.3 Å². The van der Waals surface area contributed by atoms with Crippen LogP contribution in [-0.2, 0) is 14.3 Å². The fraction of sp³-hybridized carbons (Fsp3) is 0.833. The van der Waals surface area contributed by atoms with Gasteiger partial charge in [-0.05, 0) is 12.8 Å². The lowest BCUT2D eigenvalue weighted by atomic mass is 10.0. The van der Waals surface area contributed by atoms with Gasteiger partial charge in [-0.3, -0.25) is 14.9 Å². The molecule has 2 rings (SSSR count). The molecule has 0 saturated carbocycles. The van der Waals surface area contributed by atoms with E-state index in [1.165, 1.54) is 7.11 Å². The Morgan fingerprint density at radius 3 is 2.74 bits per heavy atom. The monoisotopic (exact) mass is 287 g/mol. The fourth-order valence-electron chi connectivity index (χ4n) is 2.35. The van der Waals surface area contributed by atoms with E-state index in [0.717, 1.165) is 24.5 Å². The summed E-state index contributed by atoms with van der Waals surface area (Å²) in [6, 6.07) is 0.129. The van der Waals surface area contributed by atoms with Crippen LogP contribution >= 0.6 is 11.8 Å². The normalized spacial score (nSPS) is 24.5. The standard InChI is InChI=1S/C12H21N3O3S/c1-18-6-11(16)15-4-2-9(3-5-15)14-12(17)10-7-19-8-13-10/h9-10,13H,2-8H2,1H3,(H,14,17). The zero-order chi connectivity index (χ0) is 13.7. The Morgan fingerprint density at radius 2 is 2.16 bits per heavy atom. The first-order valence-corrected chi connectivity index (χ1v) is 7.74. The van der Waals surface area contributed by atoms with Gasteiger partial charge in [0, 0.05) is 37.9 Å². The Labute approximate surface area is 117 Å². The molecule has 19 heavy (non-hydrogen) atoms. The molecular weight excluding hydrogens is 266 g/mol. The van der Waals surface area contributed by atoms with Crippen molar-refractivity contribution in [3.63, 3.8) is 0 Å². The number of carbonyl (C=O) groups is 2. The number of piperidine rings is 1. The van der Waals surface area contributed by atoms with Crippen LogP contribution in [0.1, 0.15) is 12.8 Å². The number of amides is 2. The van der Waals surface area contributed by atoms with Crippen molar-refractivity contribution in [1.82, 2.24) is 15.5 Å². The van der Waals surface area contributed by atoms with E-state index in [4.69, 9.17) is 4.74 Å². The van der Waals surface area contributed by atoms with Gasteiger partial charge in [0.25, 0.3) is 0 Å². The summed E-state index contributed by atoms with van der Waals surface area (Å²) >= 11 is 1.74. The van der Waals surface area contributed by atoms with Crippen molar-refractivity contribution in [3.05, 3.63) is 0 Å². The molecule has 6 nitrogen and oxygen atoms in total. The molecule has 0 aromatic carbocycles. The molecule has 0 spiro atoms. The Bertz CT molecular complexity index is 326. The molecular formula is C12H21N3O3S. The van der Waals surface area contributed by atoms with E-state index in [2.05, 4.69) is 10.6 Å². The summed E-state index contributed by atoms with van der Waals surface area (Å²) in [5.41, 5.74) is 0. The number of likely N-dealkylation sites (tertiary alicyclic amines) is 1. The maximum atomic E-state index is 11.9. The van der Waals surface area contributed by atoms with E-state index < -0.39 is 0 Å². The van der Waals surface area contributed by atoms with Gasteiger partial charge in [-0.1, -0.05) is 0 Å². The highest BCUT2D eigenvalue weighted by atomic mass is 32.2. The molecule has 2 aliphatic rings. The van der Waals surface area contributed by atoms with E-state index in [-0.39, 0.29) is 30.5 Å². The first kappa shape index (κ1) is 14.6. The highest BCUT2D eigenvalue weighted by Crippen LogP contribution is 2.13. The van der Waals surface area contributed by atoms with Crippen LogP contribution in [0.3, 0.4) is 0 Å². The minimum Gasteiger partial charge on any atom is -0.375 e. The van der Waals surface area contributed by atoms with Crippen LogP contribution in [-0.4, -0.2) is 67.2 Å². The highest BCUT2D eigenvalue weighted by Gasteiger charge is 2.27. The topological polar surface area (TPSA) is 70.7 Å². The molecule has 0 bridgehead atoms. The zero-order valence-corrected chi connectivity index (χ0v) is 12.0. The van der Waals surface area contributed by atoms with Gasteiger partial charge in [0.15, 0.2) is 0 Å². The molecule has 2 saturated heterocycles. The average molecular weight is 287 g/mol. The third-order valence-corrected chi connectivity index (χ3v) is 4.43. The Hall–Kier alpha value is -0.790. The predicted molar refractivity (Wildman–Crippen MR) is 73.9 cm³/mol. The summed E-state index contributed by atoms with van der Waals surface area (Å²) < 4.78 is 4.84. The van der Waals surface area contributed by atoms with Gasteiger partial charge in [-0.25, -0.2) is 0 Å². The van der Waals surface area contributed by atoms with Crippen LogP contribution in [0.5, 0.6) is 0 Å². The molecule has 0 aromatic heterocycles. The predicted octanol–water partition coefficient (Wildman–Crippen LogP) is -0.597. The SMILES string of the molecule is COCC(=O)N1CCC(NC(=O)C2CSCN2)CC1. The van der Waals surface area contributed by atoms with Gasteiger partial charge in [-0.15, -0.1) is 11.8 Å². The number of methoxy groups -OCH3 is 1.